The fourth-order valence-electron chi connectivity index (χ4n) is 4.42. The summed E-state index contributed by atoms with van der Waals surface area (Å²) in [6.45, 7) is 0. The SMILES string of the molecule is O=C(c1ccc2c(c1)C(=O)N(Nc1ccccc1)C2=O)c1ccc2c(c1)C(=O)N(Nc1ccccc1)C2=O. The number of amides is 4. The van der Waals surface area contributed by atoms with E-state index in [9.17, 15) is 24.0 Å². The lowest BCUT2D eigenvalue weighted by atomic mass is 9.96. The van der Waals surface area contributed by atoms with Crippen LogP contribution in [0.3, 0.4) is 0 Å². The molecule has 0 aliphatic carbocycles. The average molecular weight is 502 g/mol. The molecule has 0 radical (unpaired) electrons. The number of nitrogens with one attached hydrogen (secondary N) is 2. The van der Waals surface area contributed by atoms with Gasteiger partial charge in [-0.3, -0.25) is 34.8 Å². The second-order valence-electron chi connectivity index (χ2n) is 8.70. The van der Waals surface area contributed by atoms with Crippen LogP contribution in [0.2, 0.25) is 0 Å². The van der Waals surface area contributed by atoms with Crippen LogP contribution in [0.5, 0.6) is 0 Å². The van der Waals surface area contributed by atoms with Crippen molar-refractivity contribution < 1.29 is 24.0 Å². The highest BCUT2D eigenvalue weighted by Crippen LogP contribution is 2.28. The van der Waals surface area contributed by atoms with Gasteiger partial charge in [0, 0.05) is 11.1 Å². The van der Waals surface area contributed by atoms with Crippen LogP contribution < -0.4 is 10.9 Å². The van der Waals surface area contributed by atoms with Crippen molar-refractivity contribution in [2.45, 2.75) is 0 Å². The Hall–Kier alpha value is -5.57. The Kier molecular flexibility index (Phi) is 5.31. The molecule has 2 aliphatic heterocycles. The molecule has 6 rings (SSSR count). The molecule has 38 heavy (non-hydrogen) atoms. The highest BCUT2D eigenvalue weighted by Gasteiger charge is 2.38. The number of anilines is 2. The molecule has 2 heterocycles. The van der Waals surface area contributed by atoms with E-state index in [0.29, 0.717) is 11.4 Å². The van der Waals surface area contributed by atoms with Crippen molar-refractivity contribution in [3.8, 4) is 0 Å². The predicted molar refractivity (Wildman–Crippen MR) is 137 cm³/mol. The summed E-state index contributed by atoms with van der Waals surface area (Å²) in [7, 11) is 0. The first-order valence-electron chi connectivity index (χ1n) is 11.7. The summed E-state index contributed by atoms with van der Waals surface area (Å²) in [6.07, 6.45) is 0. The summed E-state index contributed by atoms with van der Waals surface area (Å²) < 4.78 is 0. The zero-order valence-electron chi connectivity index (χ0n) is 19.7. The summed E-state index contributed by atoms with van der Waals surface area (Å²) >= 11 is 0. The van der Waals surface area contributed by atoms with Gasteiger partial charge in [0.15, 0.2) is 5.78 Å². The number of fused-ring (bicyclic) bond motifs is 2. The molecule has 0 atom stereocenters. The van der Waals surface area contributed by atoms with E-state index in [1.807, 2.05) is 12.1 Å². The third-order valence-corrected chi connectivity index (χ3v) is 6.33. The maximum atomic E-state index is 13.3. The molecule has 0 saturated carbocycles. The Balaban J connectivity index is 1.26. The standard InChI is InChI=1S/C29H18N4O5/c34-25(17-11-13-21-23(15-17)28(37)32(26(21)35)30-19-7-3-1-4-8-19)18-12-14-22-24(16-18)29(38)33(27(22)36)31-20-9-5-2-6-10-20/h1-16,30-31H. The normalized spacial score (nSPS) is 14.0. The van der Waals surface area contributed by atoms with Crippen LogP contribution >= 0.6 is 0 Å². The van der Waals surface area contributed by atoms with Gasteiger partial charge in [-0.05, 0) is 48.5 Å². The van der Waals surface area contributed by atoms with Gasteiger partial charge in [-0.15, -0.1) is 0 Å². The molecule has 0 saturated heterocycles. The first-order chi connectivity index (χ1) is 18.4. The number of hydrogen-bond donors (Lipinski definition) is 2. The topological polar surface area (TPSA) is 116 Å². The van der Waals surface area contributed by atoms with Crippen LogP contribution in [0.25, 0.3) is 0 Å². The Morgan fingerprint density at radius 1 is 0.474 bits per heavy atom. The summed E-state index contributed by atoms with van der Waals surface area (Å²) in [5, 5.41) is 1.81. The van der Waals surface area contributed by atoms with Crippen molar-refractivity contribution >= 4 is 40.8 Å². The lowest BCUT2D eigenvalue weighted by Gasteiger charge is -2.16. The molecule has 0 aromatic heterocycles. The van der Waals surface area contributed by atoms with Gasteiger partial charge >= 0.3 is 0 Å². The van der Waals surface area contributed by atoms with E-state index in [0.717, 1.165) is 10.0 Å². The number of carbonyl (C=O) groups excluding carboxylic acids is 5. The zero-order valence-corrected chi connectivity index (χ0v) is 19.7. The Morgan fingerprint density at radius 3 is 1.24 bits per heavy atom. The number of nitrogens with zero attached hydrogens (tertiary/aromatic N) is 2. The van der Waals surface area contributed by atoms with Crippen LogP contribution in [-0.4, -0.2) is 39.4 Å². The largest absolute Gasteiger partial charge is 0.289 e. The van der Waals surface area contributed by atoms with Crippen LogP contribution in [0.15, 0.2) is 97.1 Å². The van der Waals surface area contributed by atoms with Gasteiger partial charge in [0.1, 0.15) is 0 Å². The van der Waals surface area contributed by atoms with E-state index in [-0.39, 0.29) is 33.4 Å². The number of benzene rings is 4. The number of ketones is 1. The fourth-order valence-corrected chi connectivity index (χ4v) is 4.42. The molecule has 9 heteroatoms. The molecule has 0 unspecified atom stereocenters. The third kappa shape index (κ3) is 3.70. The van der Waals surface area contributed by atoms with Crippen LogP contribution in [-0.2, 0) is 0 Å². The molecular weight excluding hydrogens is 484 g/mol. The summed E-state index contributed by atoms with van der Waals surface area (Å²) in [4.78, 5) is 64.9. The summed E-state index contributed by atoms with van der Waals surface area (Å²) in [5.41, 5.74) is 7.58. The molecule has 9 nitrogen and oxygen atoms in total. The minimum atomic E-state index is -0.583. The quantitative estimate of drug-likeness (QED) is 0.300. The molecule has 0 spiro atoms. The molecule has 0 bridgehead atoms. The van der Waals surface area contributed by atoms with Gasteiger partial charge in [0.2, 0.25) is 0 Å². The minimum absolute atomic E-state index is 0.0925. The van der Waals surface area contributed by atoms with E-state index < -0.39 is 29.4 Å². The highest BCUT2D eigenvalue weighted by atomic mass is 16.2. The van der Waals surface area contributed by atoms with Crippen LogP contribution in [0, 0.1) is 0 Å². The zero-order chi connectivity index (χ0) is 26.4. The van der Waals surface area contributed by atoms with Gasteiger partial charge in [-0.25, -0.2) is 0 Å². The van der Waals surface area contributed by atoms with Gasteiger partial charge in [0.05, 0.1) is 33.6 Å². The first-order valence-corrected chi connectivity index (χ1v) is 11.7. The van der Waals surface area contributed by atoms with Crippen molar-refractivity contribution in [2.24, 2.45) is 0 Å². The van der Waals surface area contributed by atoms with Gasteiger partial charge < -0.3 is 0 Å². The van der Waals surface area contributed by atoms with Gasteiger partial charge in [-0.1, -0.05) is 48.5 Å². The third-order valence-electron chi connectivity index (χ3n) is 6.33. The number of carbonyl (C=O) groups is 5. The second-order valence-corrected chi connectivity index (χ2v) is 8.70. The minimum Gasteiger partial charge on any atom is -0.289 e. The van der Waals surface area contributed by atoms with Crippen molar-refractivity contribution in [1.82, 2.24) is 10.0 Å². The number of para-hydroxylation sites is 2. The molecule has 4 amide bonds. The Bertz CT molecular complexity index is 1540. The van der Waals surface area contributed by atoms with E-state index in [1.54, 1.807) is 48.5 Å². The Labute approximate surface area is 216 Å². The molecule has 2 N–H and O–H groups in total. The number of hydrogen-bond acceptors (Lipinski definition) is 7. The summed E-state index contributed by atoms with van der Waals surface area (Å²) in [5.74, 6) is -2.68. The Morgan fingerprint density at radius 2 is 0.842 bits per heavy atom. The number of rotatable bonds is 6. The number of hydrazine groups is 2. The maximum Gasteiger partial charge on any atom is 0.280 e. The maximum absolute atomic E-state index is 13.3. The molecule has 2 aliphatic rings. The smallest absolute Gasteiger partial charge is 0.280 e. The summed E-state index contributed by atoms with van der Waals surface area (Å²) in [6, 6.07) is 26.1. The van der Waals surface area contributed by atoms with Crippen LogP contribution in [0.1, 0.15) is 57.4 Å². The average Bonchev–Trinajstić information content (AvgIpc) is 3.33. The number of imide groups is 2. The van der Waals surface area contributed by atoms with Gasteiger partial charge in [-0.2, -0.15) is 10.0 Å². The second kappa shape index (κ2) is 8.82. The van der Waals surface area contributed by atoms with Crippen molar-refractivity contribution in [2.75, 3.05) is 10.9 Å². The molecular formula is C29H18N4O5. The van der Waals surface area contributed by atoms with Crippen molar-refractivity contribution in [3.05, 3.63) is 130 Å². The first kappa shape index (κ1) is 22.9. The van der Waals surface area contributed by atoms with Crippen molar-refractivity contribution in [1.29, 1.82) is 0 Å². The van der Waals surface area contributed by atoms with Crippen molar-refractivity contribution in [3.63, 3.8) is 0 Å². The highest BCUT2D eigenvalue weighted by molar-refractivity contribution is 6.24. The van der Waals surface area contributed by atoms with E-state index in [1.165, 1.54) is 36.4 Å². The molecule has 4 aromatic carbocycles. The molecule has 184 valence electrons. The predicted octanol–water partition coefficient (Wildman–Crippen LogP) is 4.16. The monoisotopic (exact) mass is 502 g/mol. The van der Waals surface area contributed by atoms with E-state index >= 15 is 0 Å². The van der Waals surface area contributed by atoms with Gasteiger partial charge in [0.25, 0.3) is 23.6 Å². The lowest BCUT2D eigenvalue weighted by molar-refractivity contribution is 0.0675. The lowest BCUT2D eigenvalue weighted by Crippen LogP contribution is -2.35. The molecule has 0 fully saturated rings. The van der Waals surface area contributed by atoms with E-state index in [2.05, 4.69) is 10.9 Å². The van der Waals surface area contributed by atoms with Crippen LogP contribution in [0.4, 0.5) is 11.4 Å². The van der Waals surface area contributed by atoms with E-state index in [4.69, 9.17) is 0 Å². The fraction of sp³-hybridized carbons (Fsp3) is 0. The molecule has 4 aromatic rings.